The Bertz CT molecular complexity index is 648. The quantitative estimate of drug-likeness (QED) is 0.931. The third kappa shape index (κ3) is 2.05. The van der Waals surface area contributed by atoms with E-state index < -0.39 is 0 Å². The first-order valence-corrected chi connectivity index (χ1v) is 6.50. The van der Waals surface area contributed by atoms with E-state index in [-0.39, 0.29) is 11.7 Å². The second kappa shape index (κ2) is 5.00. The zero-order valence-corrected chi connectivity index (χ0v) is 11.5. The number of ether oxygens (including phenoxy) is 2. The van der Waals surface area contributed by atoms with E-state index >= 15 is 0 Å². The number of carbonyl (C=O) groups is 1. The number of hydrogen-bond donors (Lipinski definition) is 1. The minimum Gasteiger partial charge on any atom is -0.493 e. The smallest absolute Gasteiger partial charge is 0.166 e. The topological polar surface area (TPSA) is 64.2 Å². The number of aromatic nitrogens is 2. The molecule has 2 aromatic rings. The number of nitrogens with zero attached hydrogens (tertiary/aromatic N) is 1. The molecule has 1 heterocycles. The van der Waals surface area contributed by atoms with Gasteiger partial charge in [0.05, 0.1) is 26.0 Å². The number of methoxy groups -OCH3 is 2. The van der Waals surface area contributed by atoms with Crippen LogP contribution in [0.1, 0.15) is 34.0 Å². The van der Waals surface area contributed by atoms with Gasteiger partial charge in [-0.15, -0.1) is 0 Å². The van der Waals surface area contributed by atoms with Crippen LogP contribution in [0.5, 0.6) is 11.5 Å². The fraction of sp³-hybridized carbons (Fsp3) is 0.333. The number of Topliss-reactive ketones (excluding diaryl/α,β-unsaturated/α-hetero) is 1. The van der Waals surface area contributed by atoms with Crippen molar-refractivity contribution in [3.8, 4) is 11.5 Å². The van der Waals surface area contributed by atoms with Gasteiger partial charge in [0, 0.05) is 12.1 Å². The Morgan fingerprint density at radius 2 is 2.00 bits per heavy atom. The van der Waals surface area contributed by atoms with Crippen LogP contribution in [-0.2, 0) is 6.42 Å². The van der Waals surface area contributed by atoms with Crippen molar-refractivity contribution < 1.29 is 14.3 Å². The number of nitrogens with one attached hydrogen (secondary N) is 1. The van der Waals surface area contributed by atoms with E-state index in [4.69, 9.17) is 9.47 Å². The summed E-state index contributed by atoms with van der Waals surface area (Å²) in [5, 5.41) is 6.87. The average Bonchev–Trinajstić information content (AvgIpc) is 2.95. The fourth-order valence-corrected chi connectivity index (χ4v) is 2.70. The normalized spacial score (nSPS) is 17.7. The molecular weight excluding hydrogens is 256 g/mol. The van der Waals surface area contributed by atoms with Crippen molar-refractivity contribution in [2.45, 2.75) is 18.8 Å². The van der Waals surface area contributed by atoms with Gasteiger partial charge in [0.15, 0.2) is 17.3 Å². The molecule has 1 atom stereocenters. The largest absolute Gasteiger partial charge is 0.493 e. The third-order valence-corrected chi connectivity index (χ3v) is 3.78. The molecule has 0 saturated carbocycles. The molecule has 104 valence electrons. The molecule has 0 radical (unpaired) electrons. The Hall–Kier alpha value is -2.30. The highest BCUT2D eigenvalue weighted by Crippen LogP contribution is 2.36. The van der Waals surface area contributed by atoms with Crippen LogP contribution in [0.25, 0.3) is 0 Å². The van der Waals surface area contributed by atoms with Gasteiger partial charge in [-0.3, -0.25) is 9.89 Å². The molecule has 5 heteroatoms. The Morgan fingerprint density at radius 1 is 1.20 bits per heavy atom. The second-order valence-electron chi connectivity index (χ2n) is 4.90. The zero-order valence-electron chi connectivity index (χ0n) is 11.5. The number of carbonyl (C=O) groups excluding carboxylic acids is 1. The van der Waals surface area contributed by atoms with Gasteiger partial charge in [0.1, 0.15) is 0 Å². The fourth-order valence-electron chi connectivity index (χ4n) is 2.70. The van der Waals surface area contributed by atoms with Crippen LogP contribution >= 0.6 is 0 Å². The molecule has 0 aliphatic heterocycles. The van der Waals surface area contributed by atoms with Gasteiger partial charge in [-0.25, -0.2) is 0 Å². The number of rotatable bonds is 3. The first-order valence-electron chi connectivity index (χ1n) is 6.50. The Balaban J connectivity index is 1.93. The lowest BCUT2D eigenvalue weighted by Crippen LogP contribution is -2.18. The summed E-state index contributed by atoms with van der Waals surface area (Å²) in [5.74, 6) is 1.67. The van der Waals surface area contributed by atoms with Crippen molar-refractivity contribution in [1.29, 1.82) is 0 Å². The van der Waals surface area contributed by atoms with Gasteiger partial charge in [-0.05, 0) is 30.0 Å². The van der Waals surface area contributed by atoms with Crippen LogP contribution in [0.2, 0.25) is 0 Å². The molecule has 20 heavy (non-hydrogen) atoms. The minimum atomic E-state index is 0.139. The maximum Gasteiger partial charge on any atom is 0.166 e. The first kappa shape index (κ1) is 12.7. The maximum atomic E-state index is 12.1. The molecule has 1 aliphatic carbocycles. The van der Waals surface area contributed by atoms with E-state index in [2.05, 4.69) is 10.2 Å². The van der Waals surface area contributed by atoms with E-state index in [9.17, 15) is 4.79 Å². The number of hydrogen-bond acceptors (Lipinski definition) is 4. The summed E-state index contributed by atoms with van der Waals surface area (Å²) in [6, 6.07) is 5.81. The van der Waals surface area contributed by atoms with Gasteiger partial charge in [0.2, 0.25) is 0 Å². The molecule has 1 N–H and O–H groups in total. The first-order chi connectivity index (χ1) is 9.72. The van der Waals surface area contributed by atoms with Gasteiger partial charge >= 0.3 is 0 Å². The molecule has 5 nitrogen and oxygen atoms in total. The number of H-pyrrole nitrogens is 1. The monoisotopic (exact) mass is 272 g/mol. The lowest BCUT2D eigenvalue weighted by atomic mass is 9.82. The lowest BCUT2D eigenvalue weighted by molar-refractivity contribution is 0.0964. The van der Waals surface area contributed by atoms with Gasteiger partial charge in [-0.2, -0.15) is 5.10 Å². The van der Waals surface area contributed by atoms with E-state index in [0.717, 1.165) is 23.2 Å². The third-order valence-electron chi connectivity index (χ3n) is 3.78. The highest BCUT2D eigenvalue weighted by Gasteiger charge is 2.28. The van der Waals surface area contributed by atoms with Crippen molar-refractivity contribution >= 4 is 5.78 Å². The average molecular weight is 272 g/mol. The van der Waals surface area contributed by atoms with Gasteiger partial charge < -0.3 is 9.47 Å². The maximum absolute atomic E-state index is 12.1. The van der Waals surface area contributed by atoms with E-state index in [1.54, 1.807) is 20.4 Å². The number of benzene rings is 1. The van der Waals surface area contributed by atoms with Gasteiger partial charge in [-0.1, -0.05) is 6.07 Å². The molecule has 1 aliphatic rings. The predicted molar refractivity (Wildman–Crippen MR) is 73.5 cm³/mol. The van der Waals surface area contributed by atoms with Crippen LogP contribution in [0.4, 0.5) is 0 Å². The molecule has 1 aromatic heterocycles. The van der Waals surface area contributed by atoms with Crippen LogP contribution in [0.15, 0.2) is 24.4 Å². The molecule has 0 saturated heterocycles. The Morgan fingerprint density at radius 3 is 2.75 bits per heavy atom. The van der Waals surface area contributed by atoms with Crippen LogP contribution in [0.3, 0.4) is 0 Å². The number of ketones is 1. The van der Waals surface area contributed by atoms with Crippen LogP contribution in [0, 0.1) is 0 Å². The van der Waals surface area contributed by atoms with Crippen molar-refractivity contribution in [3.63, 3.8) is 0 Å². The van der Waals surface area contributed by atoms with E-state index in [1.165, 1.54) is 0 Å². The van der Waals surface area contributed by atoms with Crippen molar-refractivity contribution in [2.75, 3.05) is 14.2 Å². The molecule has 0 spiro atoms. The molecule has 3 rings (SSSR count). The molecule has 0 bridgehead atoms. The summed E-state index contributed by atoms with van der Waals surface area (Å²) in [7, 11) is 3.22. The highest BCUT2D eigenvalue weighted by molar-refractivity contribution is 5.98. The number of aromatic amines is 1. The summed E-state index contributed by atoms with van der Waals surface area (Å²) in [4.78, 5) is 12.1. The van der Waals surface area contributed by atoms with Crippen molar-refractivity contribution in [3.05, 3.63) is 41.2 Å². The molecule has 0 unspecified atom stereocenters. The van der Waals surface area contributed by atoms with Crippen molar-refractivity contribution in [1.82, 2.24) is 10.2 Å². The molecule has 0 amide bonds. The summed E-state index contributed by atoms with van der Waals surface area (Å²) in [6.45, 7) is 0. The summed E-state index contributed by atoms with van der Waals surface area (Å²) in [6.07, 6.45) is 2.90. The van der Waals surface area contributed by atoms with Crippen LogP contribution < -0.4 is 9.47 Å². The highest BCUT2D eigenvalue weighted by atomic mass is 16.5. The Labute approximate surface area is 116 Å². The number of fused-ring (bicyclic) bond motifs is 1. The zero-order chi connectivity index (χ0) is 14.1. The van der Waals surface area contributed by atoms with Gasteiger partial charge in [0.25, 0.3) is 0 Å². The second-order valence-corrected chi connectivity index (χ2v) is 4.90. The molecule has 1 aromatic carbocycles. The van der Waals surface area contributed by atoms with E-state index in [1.807, 2.05) is 18.2 Å². The predicted octanol–water partition coefficient (Wildman–Crippen LogP) is 2.34. The SMILES string of the molecule is COc1ccc([C@H]2CC(=O)c3cn[nH]c3C2)cc1OC. The summed E-state index contributed by atoms with van der Waals surface area (Å²) < 4.78 is 10.6. The van der Waals surface area contributed by atoms with Crippen LogP contribution in [-0.4, -0.2) is 30.2 Å². The molecule has 0 fully saturated rings. The van der Waals surface area contributed by atoms with E-state index in [0.29, 0.717) is 17.9 Å². The lowest BCUT2D eigenvalue weighted by Gasteiger charge is -2.22. The standard InChI is InChI=1S/C15H16N2O3/c1-19-14-4-3-9(7-15(14)20-2)10-5-12-11(8-16-17-12)13(18)6-10/h3-4,7-8,10H,5-6H2,1-2H3,(H,16,17)/t10-/m1/s1. The molecular formula is C15H16N2O3. The Kier molecular flexibility index (Phi) is 3.18. The van der Waals surface area contributed by atoms with Crippen molar-refractivity contribution in [2.24, 2.45) is 0 Å². The summed E-state index contributed by atoms with van der Waals surface area (Å²) >= 11 is 0. The summed E-state index contributed by atoms with van der Waals surface area (Å²) in [5.41, 5.74) is 2.72. The minimum absolute atomic E-state index is 0.139.